The summed E-state index contributed by atoms with van der Waals surface area (Å²) in [7, 11) is -14.1. The Morgan fingerprint density at radius 1 is 0.810 bits per heavy atom. The van der Waals surface area contributed by atoms with Gasteiger partial charge in [-0.15, -0.1) is 18.9 Å². The number of fused-ring (bicyclic) bond motifs is 1. The number of phenolic OH excluding ortho intramolecular Hbond substituents is 2. The van der Waals surface area contributed by atoms with Crippen LogP contribution in [0.25, 0.3) is 10.8 Å². The third kappa shape index (κ3) is 8.23. The summed E-state index contributed by atoms with van der Waals surface area (Å²) in [5.41, 5.74) is -1.20. The first-order valence-electron chi connectivity index (χ1n) is 10.3. The first-order valence-corrected chi connectivity index (χ1v) is 16.2. The predicted octanol–water partition coefficient (Wildman–Crippen LogP) is 3.36. The monoisotopic (exact) mass is 692 g/mol. The Hall–Kier alpha value is -2.69. The molecule has 3 aromatic carbocycles. The molecule has 0 saturated heterocycles. The fourth-order valence-electron chi connectivity index (χ4n) is 3.21. The molecule has 19 nitrogen and oxygen atoms in total. The molecule has 0 spiro atoms. The van der Waals surface area contributed by atoms with Crippen LogP contribution in [0.3, 0.4) is 0 Å². The first kappa shape index (κ1) is 33.8. The van der Waals surface area contributed by atoms with Gasteiger partial charge in [-0.3, -0.25) is 13.3 Å². The molecule has 42 heavy (non-hydrogen) atoms. The summed E-state index contributed by atoms with van der Waals surface area (Å²) in [6.07, 6.45) is 0. The van der Waals surface area contributed by atoms with Crippen LogP contribution < -0.4 is 0 Å². The van der Waals surface area contributed by atoms with Gasteiger partial charge in [0.15, 0.2) is 27.9 Å². The van der Waals surface area contributed by atoms with Crippen molar-refractivity contribution in [3.05, 3.63) is 36.4 Å². The predicted molar refractivity (Wildman–Crippen MR) is 139 cm³/mol. The third-order valence-electron chi connectivity index (χ3n) is 4.92. The van der Waals surface area contributed by atoms with Crippen molar-refractivity contribution in [1.29, 1.82) is 0 Å². The van der Waals surface area contributed by atoms with Crippen LogP contribution in [-0.4, -0.2) is 67.4 Å². The van der Waals surface area contributed by atoms with Crippen molar-refractivity contribution in [2.24, 2.45) is 10.2 Å². The van der Waals surface area contributed by atoms with Crippen LogP contribution >= 0.6 is 24.4 Å². The summed E-state index contributed by atoms with van der Waals surface area (Å²) in [5.74, 6) is -2.42. The number of benzene rings is 3. The minimum Gasteiger partial charge on any atom is -0.507 e. The van der Waals surface area contributed by atoms with Crippen molar-refractivity contribution in [3.63, 3.8) is 0 Å². The molecule has 0 radical (unpaired) electrons. The van der Waals surface area contributed by atoms with Crippen molar-refractivity contribution in [2.75, 3.05) is 12.4 Å². The summed E-state index contributed by atoms with van der Waals surface area (Å²) >= 11 is 0.295. The van der Waals surface area contributed by atoms with Gasteiger partial charge in [-0.25, -0.2) is 18.9 Å². The molecule has 0 saturated carbocycles. The first-order chi connectivity index (χ1) is 19.6. The lowest BCUT2D eigenvalue weighted by atomic mass is 10.1. The SMILES string of the molecule is O=S(=O)(O)c1cc(O)c2c(O)c(/N=N/c3ccc(S(=O)(=O)CCOSOOO)cc3S(=O)(=O)O)c(SOOO)cc2c1. The summed E-state index contributed by atoms with van der Waals surface area (Å²) < 4.78 is 104. The Kier molecular flexibility index (Phi) is 11.1. The van der Waals surface area contributed by atoms with Gasteiger partial charge in [0.1, 0.15) is 22.0 Å². The molecule has 3 rings (SSSR count). The lowest BCUT2D eigenvalue weighted by Crippen LogP contribution is -2.12. The molecule has 0 aliphatic carbocycles. The Balaban J connectivity index is 2.11. The highest BCUT2D eigenvalue weighted by atomic mass is 32.2. The summed E-state index contributed by atoms with van der Waals surface area (Å²) in [6.45, 7) is -0.501. The quantitative estimate of drug-likeness (QED) is 0.0352. The number of nitrogens with zero attached hydrogens (tertiary/aromatic N) is 2. The molecular formula is C18H16N2O17S5. The number of rotatable bonds is 14. The van der Waals surface area contributed by atoms with Crippen molar-refractivity contribution in [3.8, 4) is 11.5 Å². The zero-order chi connectivity index (χ0) is 31.3. The van der Waals surface area contributed by atoms with Gasteiger partial charge in [-0.05, 0) is 35.7 Å². The van der Waals surface area contributed by atoms with Crippen LogP contribution in [0, 0.1) is 0 Å². The fraction of sp³-hybridized carbons (Fsp3) is 0.111. The average molecular weight is 693 g/mol. The van der Waals surface area contributed by atoms with Crippen molar-refractivity contribution in [1.82, 2.24) is 0 Å². The molecule has 0 fully saturated rings. The molecule has 3 aromatic rings. The number of aromatic hydroxyl groups is 2. The van der Waals surface area contributed by atoms with E-state index in [0.717, 1.165) is 24.3 Å². The third-order valence-corrected chi connectivity index (χ3v) is 9.31. The van der Waals surface area contributed by atoms with Gasteiger partial charge in [0.25, 0.3) is 20.2 Å². The lowest BCUT2D eigenvalue weighted by molar-refractivity contribution is -0.434. The van der Waals surface area contributed by atoms with E-state index in [4.69, 9.17) is 10.5 Å². The van der Waals surface area contributed by atoms with Crippen molar-refractivity contribution < 1.29 is 78.0 Å². The van der Waals surface area contributed by atoms with E-state index in [1.807, 2.05) is 0 Å². The molecule has 0 atom stereocenters. The molecule has 230 valence electrons. The molecule has 0 aliphatic heterocycles. The van der Waals surface area contributed by atoms with E-state index in [2.05, 4.69) is 33.2 Å². The molecule has 0 heterocycles. The number of hydrogen-bond donors (Lipinski definition) is 6. The number of phenols is 2. The van der Waals surface area contributed by atoms with Gasteiger partial charge in [-0.2, -0.15) is 16.8 Å². The summed E-state index contributed by atoms with van der Waals surface area (Å²) in [4.78, 5) is -2.63. The maximum Gasteiger partial charge on any atom is 0.296 e. The van der Waals surface area contributed by atoms with E-state index in [1.54, 1.807) is 0 Å². The number of azo groups is 1. The van der Waals surface area contributed by atoms with Gasteiger partial charge in [0, 0.05) is 6.07 Å². The number of sulfone groups is 1. The number of hydrogen-bond acceptors (Lipinski definition) is 19. The second kappa shape index (κ2) is 13.7. The van der Waals surface area contributed by atoms with Crippen LogP contribution in [-0.2, 0) is 53.0 Å². The highest BCUT2D eigenvalue weighted by molar-refractivity contribution is 7.94. The fourth-order valence-corrected chi connectivity index (χ4v) is 6.40. The molecule has 0 bridgehead atoms. The second-order valence-corrected chi connectivity index (χ2v) is 13.6. The van der Waals surface area contributed by atoms with Gasteiger partial charge < -0.3 is 10.2 Å². The second-order valence-electron chi connectivity index (χ2n) is 7.47. The summed E-state index contributed by atoms with van der Waals surface area (Å²) in [5, 5.41) is 51.2. The summed E-state index contributed by atoms with van der Waals surface area (Å²) in [6, 6.07) is 4.87. The molecule has 24 heteroatoms. The largest absolute Gasteiger partial charge is 0.507 e. The zero-order valence-electron chi connectivity index (χ0n) is 20.0. The highest BCUT2D eigenvalue weighted by Crippen LogP contribution is 2.47. The van der Waals surface area contributed by atoms with Crippen molar-refractivity contribution in [2.45, 2.75) is 19.6 Å². The topological polar surface area (TPSA) is 295 Å². The molecule has 6 N–H and O–H groups in total. The zero-order valence-corrected chi connectivity index (χ0v) is 24.1. The normalized spacial score (nSPS) is 12.9. The smallest absolute Gasteiger partial charge is 0.296 e. The molecule has 0 amide bonds. The van der Waals surface area contributed by atoms with E-state index in [9.17, 15) is 44.6 Å². The van der Waals surface area contributed by atoms with Crippen LogP contribution in [0.4, 0.5) is 11.4 Å². The maximum absolute atomic E-state index is 12.6. The Bertz CT molecular complexity index is 1830. The van der Waals surface area contributed by atoms with Crippen LogP contribution in [0.15, 0.2) is 66.2 Å². The minimum atomic E-state index is -5.13. The van der Waals surface area contributed by atoms with Crippen molar-refractivity contribution >= 4 is 76.6 Å². The highest BCUT2D eigenvalue weighted by Gasteiger charge is 2.24. The van der Waals surface area contributed by atoms with E-state index in [-0.39, 0.29) is 34.6 Å². The molecular weight excluding hydrogens is 677 g/mol. The van der Waals surface area contributed by atoms with E-state index >= 15 is 0 Å². The minimum absolute atomic E-state index is 0.107. The average Bonchev–Trinajstić information content (AvgIpc) is 2.89. The molecule has 0 unspecified atom stereocenters. The Morgan fingerprint density at radius 2 is 1.50 bits per heavy atom. The molecule has 0 aliphatic rings. The van der Waals surface area contributed by atoms with Gasteiger partial charge >= 0.3 is 0 Å². The van der Waals surface area contributed by atoms with E-state index in [1.165, 1.54) is 0 Å². The Labute approximate surface area is 244 Å². The standard InChI is InChI=1S/C18H16N2O17S5/c21-13-7-11(41(27,28)29)5-9-6-14(38-36-34-23)17(18(22)16(9)13)20-19-12-2-1-10(8-15(12)42(30,31)32)40(25,26)4-3-33-39-37-35-24/h1-2,5-8,21-24H,3-4H2,(H,27,28,29)(H,30,31,32)/b20-19+. The van der Waals surface area contributed by atoms with E-state index in [0.29, 0.717) is 12.1 Å². The van der Waals surface area contributed by atoms with Crippen LogP contribution in [0.2, 0.25) is 0 Å². The molecule has 0 aromatic heterocycles. The van der Waals surface area contributed by atoms with Gasteiger partial charge in [0.2, 0.25) is 0 Å². The van der Waals surface area contributed by atoms with Gasteiger partial charge in [-0.1, -0.05) is 10.1 Å². The van der Waals surface area contributed by atoms with Crippen LogP contribution in [0.1, 0.15) is 0 Å². The van der Waals surface area contributed by atoms with E-state index < -0.39 is 85.4 Å². The van der Waals surface area contributed by atoms with Gasteiger partial charge in [0.05, 0.1) is 44.5 Å². The maximum atomic E-state index is 12.6. The lowest BCUT2D eigenvalue weighted by Gasteiger charge is -2.11. The Morgan fingerprint density at radius 3 is 2.12 bits per heavy atom. The van der Waals surface area contributed by atoms with Crippen LogP contribution in [0.5, 0.6) is 11.5 Å².